The summed E-state index contributed by atoms with van der Waals surface area (Å²) < 4.78 is 3.08. The molecule has 0 aliphatic heterocycles. The summed E-state index contributed by atoms with van der Waals surface area (Å²) in [6.45, 7) is 4.69. The van der Waals surface area contributed by atoms with Gasteiger partial charge in [0.25, 0.3) is 5.91 Å². The van der Waals surface area contributed by atoms with E-state index in [0.29, 0.717) is 6.54 Å². The molecule has 1 atom stereocenters. The fourth-order valence-corrected chi connectivity index (χ4v) is 1.91. The Labute approximate surface area is 127 Å². The number of nitrogens with zero attached hydrogens (tertiary/aromatic N) is 4. The molecule has 2 heterocycles. The summed E-state index contributed by atoms with van der Waals surface area (Å²) in [5, 5.41) is 19.8. The Balaban J connectivity index is 1.79. The highest BCUT2D eigenvalue weighted by molar-refractivity contribution is 5.92. The molecule has 0 saturated heterocycles. The van der Waals surface area contributed by atoms with Gasteiger partial charge in [-0.2, -0.15) is 10.2 Å². The molecule has 0 fully saturated rings. The third-order valence-corrected chi connectivity index (χ3v) is 3.21. The zero-order valence-corrected chi connectivity index (χ0v) is 12.6. The second-order valence-electron chi connectivity index (χ2n) is 5.09. The maximum atomic E-state index is 11.9. The van der Waals surface area contributed by atoms with Gasteiger partial charge in [0, 0.05) is 25.5 Å². The lowest BCUT2D eigenvalue weighted by molar-refractivity contribution is -0.140. The number of rotatable bonds is 7. The second kappa shape index (κ2) is 6.88. The number of amides is 1. The summed E-state index contributed by atoms with van der Waals surface area (Å²) in [4.78, 5) is 22.8. The number of carboxylic acid groups (broad SMARTS) is 1. The van der Waals surface area contributed by atoms with E-state index >= 15 is 0 Å². The lowest BCUT2D eigenvalue weighted by Gasteiger charge is -2.06. The minimum atomic E-state index is -0.996. The van der Waals surface area contributed by atoms with E-state index in [4.69, 9.17) is 5.11 Å². The van der Waals surface area contributed by atoms with Crippen molar-refractivity contribution in [1.29, 1.82) is 0 Å². The van der Waals surface area contributed by atoms with Gasteiger partial charge in [0.2, 0.25) is 0 Å². The lowest BCUT2D eigenvalue weighted by Crippen LogP contribution is -2.26. The Morgan fingerprint density at radius 1 is 1.45 bits per heavy atom. The monoisotopic (exact) mass is 305 g/mol. The SMILES string of the molecule is Cc1cnn(CCCNC(=O)c2ccn(C(C)C(=O)O)n2)c1. The number of aliphatic carboxylic acids is 1. The van der Waals surface area contributed by atoms with E-state index < -0.39 is 12.0 Å². The smallest absolute Gasteiger partial charge is 0.328 e. The van der Waals surface area contributed by atoms with Gasteiger partial charge in [-0.3, -0.25) is 14.2 Å². The van der Waals surface area contributed by atoms with Crippen molar-refractivity contribution >= 4 is 11.9 Å². The molecule has 2 rings (SSSR count). The van der Waals surface area contributed by atoms with Crippen LogP contribution in [0.15, 0.2) is 24.7 Å². The third kappa shape index (κ3) is 3.94. The zero-order chi connectivity index (χ0) is 16.1. The Morgan fingerprint density at radius 2 is 2.23 bits per heavy atom. The molecule has 0 bridgehead atoms. The summed E-state index contributed by atoms with van der Waals surface area (Å²) in [5.74, 6) is -1.31. The quantitative estimate of drug-likeness (QED) is 0.738. The molecule has 1 amide bonds. The summed E-state index contributed by atoms with van der Waals surface area (Å²) in [6, 6.07) is 0.704. The summed E-state index contributed by atoms with van der Waals surface area (Å²) >= 11 is 0. The third-order valence-electron chi connectivity index (χ3n) is 3.21. The van der Waals surface area contributed by atoms with Crippen molar-refractivity contribution < 1.29 is 14.7 Å². The first-order valence-corrected chi connectivity index (χ1v) is 7.02. The van der Waals surface area contributed by atoms with Crippen molar-refractivity contribution in [1.82, 2.24) is 24.9 Å². The van der Waals surface area contributed by atoms with Crippen molar-refractivity contribution in [2.24, 2.45) is 0 Å². The number of carboxylic acids is 1. The fourth-order valence-electron chi connectivity index (χ4n) is 1.91. The number of hydrogen-bond donors (Lipinski definition) is 2. The highest BCUT2D eigenvalue weighted by Crippen LogP contribution is 2.05. The van der Waals surface area contributed by atoms with Gasteiger partial charge >= 0.3 is 5.97 Å². The molecule has 0 saturated carbocycles. The fraction of sp³-hybridized carbons (Fsp3) is 0.429. The zero-order valence-electron chi connectivity index (χ0n) is 12.6. The van der Waals surface area contributed by atoms with Crippen LogP contribution >= 0.6 is 0 Å². The van der Waals surface area contributed by atoms with Crippen molar-refractivity contribution in [3.8, 4) is 0 Å². The predicted molar refractivity (Wildman–Crippen MR) is 78.5 cm³/mol. The van der Waals surface area contributed by atoms with Crippen LogP contribution in [-0.4, -0.2) is 43.1 Å². The first-order chi connectivity index (χ1) is 10.5. The molecule has 0 aromatic carbocycles. The molecule has 2 aromatic rings. The second-order valence-corrected chi connectivity index (χ2v) is 5.09. The maximum Gasteiger partial charge on any atom is 0.328 e. The van der Waals surface area contributed by atoms with E-state index in [1.165, 1.54) is 23.9 Å². The largest absolute Gasteiger partial charge is 0.480 e. The van der Waals surface area contributed by atoms with Crippen LogP contribution in [0.1, 0.15) is 35.4 Å². The van der Waals surface area contributed by atoms with Crippen molar-refractivity contribution in [2.75, 3.05) is 6.54 Å². The van der Waals surface area contributed by atoms with Gasteiger partial charge in [0.05, 0.1) is 6.20 Å². The van der Waals surface area contributed by atoms with Crippen molar-refractivity contribution in [2.45, 2.75) is 32.9 Å². The van der Waals surface area contributed by atoms with E-state index in [9.17, 15) is 9.59 Å². The Hall–Kier alpha value is -2.64. The van der Waals surface area contributed by atoms with Crippen LogP contribution in [0.4, 0.5) is 0 Å². The molecule has 0 aliphatic carbocycles. The first-order valence-electron chi connectivity index (χ1n) is 7.02. The minimum Gasteiger partial charge on any atom is -0.480 e. The molecule has 0 radical (unpaired) electrons. The summed E-state index contributed by atoms with van der Waals surface area (Å²) in [7, 11) is 0. The number of aromatic nitrogens is 4. The van der Waals surface area contributed by atoms with Crippen LogP contribution in [0.5, 0.6) is 0 Å². The number of hydrogen-bond acceptors (Lipinski definition) is 4. The van der Waals surface area contributed by atoms with Crippen molar-refractivity contribution in [3.63, 3.8) is 0 Å². The van der Waals surface area contributed by atoms with Gasteiger partial charge in [0.1, 0.15) is 11.7 Å². The topological polar surface area (TPSA) is 102 Å². The molecule has 118 valence electrons. The minimum absolute atomic E-state index is 0.211. The average Bonchev–Trinajstić information content (AvgIpc) is 3.11. The number of carbonyl (C=O) groups excluding carboxylic acids is 1. The van der Waals surface area contributed by atoms with Gasteiger partial charge in [-0.05, 0) is 31.9 Å². The first kappa shape index (κ1) is 15.7. The van der Waals surface area contributed by atoms with E-state index in [0.717, 1.165) is 18.5 Å². The normalized spacial score (nSPS) is 12.1. The van der Waals surface area contributed by atoms with Crippen LogP contribution in [0, 0.1) is 6.92 Å². The lowest BCUT2D eigenvalue weighted by atomic mass is 10.3. The predicted octanol–water partition coefficient (Wildman–Crippen LogP) is 0.854. The van der Waals surface area contributed by atoms with Gasteiger partial charge < -0.3 is 10.4 Å². The molecule has 2 aromatic heterocycles. The molecule has 1 unspecified atom stereocenters. The maximum absolute atomic E-state index is 11.9. The van der Waals surface area contributed by atoms with Crippen LogP contribution in [-0.2, 0) is 11.3 Å². The number of carbonyl (C=O) groups is 2. The van der Waals surface area contributed by atoms with E-state index in [1.807, 2.05) is 17.8 Å². The van der Waals surface area contributed by atoms with E-state index in [-0.39, 0.29) is 11.6 Å². The molecule has 0 aliphatic rings. The van der Waals surface area contributed by atoms with Gasteiger partial charge in [-0.25, -0.2) is 4.79 Å². The van der Waals surface area contributed by atoms with E-state index in [2.05, 4.69) is 15.5 Å². The molecular formula is C14H19N5O3. The molecule has 0 spiro atoms. The van der Waals surface area contributed by atoms with Crippen LogP contribution < -0.4 is 5.32 Å². The van der Waals surface area contributed by atoms with Crippen LogP contribution in [0.3, 0.4) is 0 Å². The highest BCUT2D eigenvalue weighted by atomic mass is 16.4. The average molecular weight is 305 g/mol. The molecule has 22 heavy (non-hydrogen) atoms. The van der Waals surface area contributed by atoms with Crippen LogP contribution in [0.2, 0.25) is 0 Å². The highest BCUT2D eigenvalue weighted by Gasteiger charge is 2.16. The molecular weight excluding hydrogens is 286 g/mol. The Morgan fingerprint density at radius 3 is 2.86 bits per heavy atom. The van der Waals surface area contributed by atoms with Crippen molar-refractivity contribution in [3.05, 3.63) is 35.9 Å². The van der Waals surface area contributed by atoms with Gasteiger partial charge in [-0.15, -0.1) is 0 Å². The van der Waals surface area contributed by atoms with Crippen LogP contribution in [0.25, 0.3) is 0 Å². The van der Waals surface area contributed by atoms with Gasteiger partial charge in [-0.1, -0.05) is 0 Å². The standard InChI is InChI=1S/C14H19N5O3/c1-10-8-16-18(9-10)6-3-5-15-13(20)12-4-7-19(17-12)11(2)14(21)22/h4,7-9,11H,3,5-6H2,1-2H3,(H,15,20)(H,21,22). The molecule has 8 heteroatoms. The Kier molecular flexibility index (Phi) is 4.92. The Bertz CT molecular complexity index is 661. The summed E-state index contributed by atoms with van der Waals surface area (Å²) in [6.07, 6.45) is 5.96. The number of nitrogens with one attached hydrogen (secondary N) is 1. The molecule has 2 N–H and O–H groups in total. The summed E-state index contributed by atoms with van der Waals surface area (Å²) in [5.41, 5.74) is 1.31. The molecule has 8 nitrogen and oxygen atoms in total. The van der Waals surface area contributed by atoms with Gasteiger partial charge in [0.15, 0.2) is 0 Å². The number of aryl methyl sites for hydroxylation is 2. The van der Waals surface area contributed by atoms with E-state index in [1.54, 1.807) is 6.20 Å².